The fraction of sp³-hybridized carbons (Fsp3) is 0.360. The molecule has 0 aliphatic rings. The number of nitro groups is 1. The van der Waals surface area contributed by atoms with Gasteiger partial charge in [-0.1, -0.05) is 13.3 Å². The standard InChI is InChI=1S/C19H17N5O4.C3H6O2.C3H8O/c1-3-4-12-5-6-22(9-12)16-8-15-13(7-17(16)24(27)28)21-19(26)18-20-14(10-25)11(2)23(15)18;1-2-5-3-4;1-3-4-2/h5-10H,3-4H2,1-2H3,(H,21,26);3H,2H2,1H3;3H2,1-2H3. The predicted octanol–water partition coefficient (Wildman–Crippen LogP) is 3.78. The highest BCUT2D eigenvalue weighted by molar-refractivity contribution is 5.86. The third kappa shape index (κ3) is 6.67. The molecule has 37 heavy (non-hydrogen) atoms. The van der Waals surface area contributed by atoms with E-state index < -0.39 is 10.5 Å². The molecule has 3 aromatic heterocycles. The van der Waals surface area contributed by atoms with Crippen LogP contribution in [0.2, 0.25) is 0 Å². The van der Waals surface area contributed by atoms with Crippen LogP contribution in [0.4, 0.5) is 5.69 Å². The van der Waals surface area contributed by atoms with Gasteiger partial charge in [-0.25, -0.2) is 4.98 Å². The maximum absolute atomic E-state index is 12.4. The van der Waals surface area contributed by atoms with Crippen LogP contribution in [0.5, 0.6) is 0 Å². The SMILES string of the molecule is CCCc1ccn(-c2cc3c(cc2[N+](=O)[O-])[nH]c(=O)c2nc(C=O)c(C)n23)c1.CCOC.CCOC=O. The number of nitrogens with zero attached hydrogens (tertiary/aromatic N) is 4. The molecule has 4 rings (SSSR count). The molecule has 0 unspecified atom stereocenters. The van der Waals surface area contributed by atoms with E-state index in [1.807, 2.05) is 19.2 Å². The van der Waals surface area contributed by atoms with E-state index in [-0.39, 0.29) is 17.0 Å². The normalized spacial score (nSPS) is 10.3. The summed E-state index contributed by atoms with van der Waals surface area (Å²) in [5.74, 6) is 0. The first-order chi connectivity index (χ1) is 17.8. The van der Waals surface area contributed by atoms with E-state index in [4.69, 9.17) is 0 Å². The number of nitrogens with one attached hydrogen (secondary N) is 1. The molecule has 12 nitrogen and oxygen atoms in total. The maximum Gasteiger partial charge on any atom is 0.295 e. The first-order valence-electron chi connectivity index (χ1n) is 11.7. The number of carbonyl (C=O) groups is 2. The molecule has 0 fully saturated rings. The van der Waals surface area contributed by atoms with Crippen LogP contribution < -0.4 is 5.56 Å². The number of fused-ring (bicyclic) bond motifs is 3. The molecule has 1 aromatic carbocycles. The number of aromatic nitrogens is 4. The number of aryl methyl sites for hydroxylation is 2. The number of nitro benzene ring substituents is 1. The van der Waals surface area contributed by atoms with E-state index >= 15 is 0 Å². The molecule has 4 aromatic rings. The highest BCUT2D eigenvalue weighted by atomic mass is 16.6. The highest BCUT2D eigenvalue weighted by Gasteiger charge is 2.21. The van der Waals surface area contributed by atoms with Gasteiger partial charge in [-0.3, -0.25) is 28.9 Å². The van der Waals surface area contributed by atoms with E-state index in [0.29, 0.717) is 41.8 Å². The minimum absolute atomic E-state index is 0.0751. The van der Waals surface area contributed by atoms with Gasteiger partial charge in [0.05, 0.1) is 28.3 Å². The Morgan fingerprint density at radius 3 is 2.41 bits per heavy atom. The first kappa shape index (κ1) is 28.9. The number of hydrogen-bond acceptors (Lipinski definition) is 8. The molecular weight excluding hydrogens is 482 g/mol. The van der Waals surface area contributed by atoms with Gasteiger partial charge in [0.25, 0.3) is 17.7 Å². The van der Waals surface area contributed by atoms with E-state index in [2.05, 4.69) is 26.4 Å². The Labute approximate surface area is 213 Å². The maximum atomic E-state index is 12.4. The number of carbonyl (C=O) groups excluding carboxylic acids is 2. The monoisotopic (exact) mass is 513 g/mol. The minimum atomic E-state index is -0.517. The Bertz CT molecular complexity index is 1430. The largest absolute Gasteiger partial charge is 0.468 e. The Morgan fingerprint density at radius 1 is 1.19 bits per heavy atom. The molecule has 0 spiro atoms. The molecule has 12 heteroatoms. The van der Waals surface area contributed by atoms with Gasteiger partial charge in [-0.2, -0.15) is 0 Å². The zero-order valence-corrected chi connectivity index (χ0v) is 21.5. The average molecular weight is 514 g/mol. The van der Waals surface area contributed by atoms with Crippen molar-refractivity contribution in [3.05, 3.63) is 68.0 Å². The Hall–Kier alpha value is -4.32. The molecule has 0 atom stereocenters. The van der Waals surface area contributed by atoms with Gasteiger partial charge in [-0.05, 0) is 44.9 Å². The van der Waals surface area contributed by atoms with E-state index in [0.717, 1.165) is 25.0 Å². The summed E-state index contributed by atoms with van der Waals surface area (Å²) in [6.45, 7) is 9.19. The van der Waals surface area contributed by atoms with Crippen molar-refractivity contribution in [1.82, 2.24) is 18.9 Å². The summed E-state index contributed by atoms with van der Waals surface area (Å²) in [5.41, 5.74) is 2.35. The summed E-state index contributed by atoms with van der Waals surface area (Å²) < 4.78 is 12.0. The number of rotatable bonds is 8. The molecule has 3 heterocycles. The number of aromatic amines is 1. The molecule has 0 aliphatic heterocycles. The van der Waals surface area contributed by atoms with Gasteiger partial charge in [0.2, 0.25) is 5.65 Å². The molecular formula is C25H31N5O7. The second kappa shape index (κ2) is 13.7. The van der Waals surface area contributed by atoms with Crippen molar-refractivity contribution < 1.29 is 24.0 Å². The molecule has 0 radical (unpaired) electrons. The first-order valence-corrected chi connectivity index (χ1v) is 11.7. The smallest absolute Gasteiger partial charge is 0.295 e. The second-order valence-corrected chi connectivity index (χ2v) is 7.73. The molecule has 0 saturated heterocycles. The van der Waals surface area contributed by atoms with Crippen LogP contribution >= 0.6 is 0 Å². The lowest BCUT2D eigenvalue weighted by molar-refractivity contribution is -0.384. The van der Waals surface area contributed by atoms with Gasteiger partial charge in [0.1, 0.15) is 11.4 Å². The van der Waals surface area contributed by atoms with Gasteiger partial charge < -0.3 is 19.0 Å². The van der Waals surface area contributed by atoms with Gasteiger partial charge in [0, 0.05) is 32.2 Å². The van der Waals surface area contributed by atoms with Crippen LogP contribution in [0, 0.1) is 17.0 Å². The quantitative estimate of drug-likeness (QED) is 0.212. The van der Waals surface area contributed by atoms with Crippen LogP contribution in [0.25, 0.3) is 22.4 Å². The van der Waals surface area contributed by atoms with Crippen molar-refractivity contribution in [3.63, 3.8) is 0 Å². The molecule has 0 aliphatic carbocycles. The number of aldehydes is 1. The van der Waals surface area contributed by atoms with Crippen LogP contribution in [0.15, 0.2) is 35.4 Å². The number of hydrogen-bond donors (Lipinski definition) is 1. The molecule has 0 amide bonds. The van der Waals surface area contributed by atoms with Gasteiger partial charge in [-0.15, -0.1) is 0 Å². The van der Waals surface area contributed by atoms with Crippen LogP contribution in [0.1, 0.15) is 48.9 Å². The van der Waals surface area contributed by atoms with Crippen molar-refractivity contribution in [3.8, 4) is 5.69 Å². The Kier molecular flexibility index (Phi) is 10.7. The zero-order chi connectivity index (χ0) is 27.5. The second-order valence-electron chi connectivity index (χ2n) is 7.73. The summed E-state index contributed by atoms with van der Waals surface area (Å²) >= 11 is 0. The van der Waals surface area contributed by atoms with Crippen LogP contribution in [-0.2, 0) is 20.7 Å². The Morgan fingerprint density at radius 2 is 1.89 bits per heavy atom. The average Bonchev–Trinajstić information content (AvgIpc) is 3.49. The number of methoxy groups -OCH3 is 1. The summed E-state index contributed by atoms with van der Waals surface area (Å²) in [4.78, 5) is 50.7. The number of ether oxygens (including phenoxy) is 2. The topological polar surface area (TPSA) is 151 Å². The highest BCUT2D eigenvalue weighted by Crippen LogP contribution is 2.29. The van der Waals surface area contributed by atoms with Crippen molar-refractivity contribution in [2.75, 3.05) is 20.3 Å². The summed E-state index contributed by atoms with van der Waals surface area (Å²) in [6.07, 6.45) is 6.06. The molecule has 0 saturated carbocycles. The van der Waals surface area contributed by atoms with Gasteiger partial charge in [0.15, 0.2) is 6.29 Å². The zero-order valence-electron chi connectivity index (χ0n) is 21.5. The van der Waals surface area contributed by atoms with Crippen LogP contribution in [-0.4, -0.2) is 56.9 Å². The third-order valence-electron chi connectivity index (χ3n) is 5.33. The number of imidazole rings is 1. The number of H-pyrrole nitrogens is 1. The molecule has 1 N–H and O–H groups in total. The fourth-order valence-corrected chi connectivity index (χ4v) is 3.55. The Balaban J connectivity index is 0.000000464. The lowest BCUT2D eigenvalue weighted by Crippen LogP contribution is -2.12. The molecule has 0 bridgehead atoms. The predicted molar refractivity (Wildman–Crippen MR) is 139 cm³/mol. The third-order valence-corrected chi connectivity index (χ3v) is 5.33. The lowest BCUT2D eigenvalue weighted by atomic mass is 10.2. The molecule has 198 valence electrons. The van der Waals surface area contributed by atoms with E-state index in [9.17, 15) is 24.5 Å². The van der Waals surface area contributed by atoms with Crippen LogP contribution in [0.3, 0.4) is 0 Å². The summed E-state index contributed by atoms with van der Waals surface area (Å²) in [6, 6.07) is 4.90. The summed E-state index contributed by atoms with van der Waals surface area (Å²) in [5, 5.41) is 11.7. The van der Waals surface area contributed by atoms with Gasteiger partial charge >= 0.3 is 0 Å². The minimum Gasteiger partial charge on any atom is -0.468 e. The number of benzene rings is 1. The van der Waals surface area contributed by atoms with Crippen molar-refractivity contribution >= 4 is 35.1 Å². The fourth-order valence-electron chi connectivity index (χ4n) is 3.55. The van der Waals surface area contributed by atoms with E-state index in [1.165, 1.54) is 6.07 Å². The van der Waals surface area contributed by atoms with E-state index in [1.54, 1.807) is 42.2 Å². The van der Waals surface area contributed by atoms with Crippen molar-refractivity contribution in [1.29, 1.82) is 0 Å². The lowest BCUT2D eigenvalue weighted by Gasteiger charge is -2.09. The van der Waals surface area contributed by atoms with Crippen molar-refractivity contribution in [2.45, 2.75) is 40.5 Å². The van der Waals surface area contributed by atoms with Crippen molar-refractivity contribution in [2.24, 2.45) is 0 Å². The summed E-state index contributed by atoms with van der Waals surface area (Å²) in [7, 11) is 1.68.